The normalized spacial score (nSPS) is 26.0. The number of rotatable bonds is 3. The summed E-state index contributed by atoms with van der Waals surface area (Å²) in [6, 6.07) is 10.4. The van der Waals surface area contributed by atoms with Crippen molar-refractivity contribution in [2.75, 3.05) is 0 Å². The van der Waals surface area contributed by atoms with Crippen molar-refractivity contribution in [3.05, 3.63) is 52.3 Å². The van der Waals surface area contributed by atoms with Crippen LogP contribution < -0.4 is 0 Å². The van der Waals surface area contributed by atoms with Gasteiger partial charge in [0.2, 0.25) is 0 Å². The van der Waals surface area contributed by atoms with E-state index in [9.17, 15) is 5.11 Å². The molecule has 4 heteroatoms. The molecule has 2 atom stereocenters. The van der Waals surface area contributed by atoms with Crippen molar-refractivity contribution >= 4 is 15.9 Å². The minimum Gasteiger partial charge on any atom is -0.383 e. The molecule has 2 unspecified atom stereocenters. The highest BCUT2D eigenvalue weighted by Crippen LogP contribution is 2.49. The molecule has 1 aliphatic rings. The van der Waals surface area contributed by atoms with Crippen LogP contribution in [0.5, 0.6) is 0 Å². The van der Waals surface area contributed by atoms with Gasteiger partial charge in [0.05, 0.1) is 16.4 Å². The predicted octanol–water partition coefficient (Wildman–Crippen LogP) is 4.21. The van der Waals surface area contributed by atoms with Crippen molar-refractivity contribution in [3.8, 4) is 0 Å². The average Bonchev–Trinajstić information content (AvgIpc) is 2.90. The third kappa shape index (κ3) is 2.55. The minimum absolute atomic E-state index is 0.130. The van der Waals surface area contributed by atoms with E-state index >= 15 is 0 Å². The van der Waals surface area contributed by atoms with Crippen LogP contribution in [-0.4, -0.2) is 14.9 Å². The second kappa shape index (κ2) is 5.93. The summed E-state index contributed by atoms with van der Waals surface area (Å²) in [7, 11) is 0. The fourth-order valence-corrected chi connectivity index (χ4v) is 4.24. The van der Waals surface area contributed by atoms with Gasteiger partial charge in [0.25, 0.3) is 0 Å². The average molecular weight is 349 g/mol. The molecule has 0 amide bonds. The molecule has 1 aliphatic carbocycles. The molecule has 1 aromatic carbocycles. The van der Waals surface area contributed by atoms with Gasteiger partial charge >= 0.3 is 0 Å². The maximum atomic E-state index is 11.5. The molecule has 0 radical (unpaired) electrons. The predicted molar refractivity (Wildman–Crippen MR) is 87.1 cm³/mol. The number of aromatic nitrogens is 2. The van der Waals surface area contributed by atoms with E-state index in [-0.39, 0.29) is 5.92 Å². The molecular formula is C17H21BrN2O. The van der Waals surface area contributed by atoms with Gasteiger partial charge in [-0.1, -0.05) is 43.2 Å². The van der Waals surface area contributed by atoms with E-state index in [1.165, 1.54) is 12.0 Å². The summed E-state index contributed by atoms with van der Waals surface area (Å²) in [6.07, 6.45) is 5.83. The van der Waals surface area contributed by atoms with Crippen LogP contribution in [-0.2, 0) is 12.1 Å². The summed E-state index contributed by atoms with van der Waals surface area (Å²) in [5, 5.41) is 15.9. The first-order valence-electron chi connectivity index (χ1n) is 7.66. The highest BCUT2D eigenvalue weighted by Gasteiger charge is 2.44. The fraction of sp³-hybridized carbons (Fsp3) is 0.471. The van der Waals surface area contributed by atoms with Gasteiger partial charge in [-0.15, -0.1) is 0 Å². The monoisotopic (exact) mass is 348 g/mol. The fourth-order valence-electron chi connectivity index (χ4n) is 3.60. The van der Waals surface area contributed by atoms with E-state index in [0.717, 1.165) is 36.0 Å². The molecule has 0 spiro atoms. The third-order valence-electron chi connectivity index (χ3n) is 4.58. The van der Waals surface area contributed by atoms with Gasteiger partial charge in [0, 0.05) is 12.5 Å². The molecule has 3 nitrogen and oxygen atoms in total. The minimum atomic E-state index is -0.842. The molecule has 1 aromatic heterocycles. The first-order valence-corrected chi connectivity index (χ1v) is 8.45. The zero-order valence-electron chi connectivity index (χ0n) is 12.3. The van der Waals surface area contributed by atoms with Gasteiger partial charge < -0.3 is 5.11 Å². The van der Waals surface area contributed by atoms with Crippen molar-refractivity contribution < 1.29 is 5.11 Å². The number of aliphatic hydroxyl groups is 1. The van der Waals surface area contributed by atoms with Crippen LogP contribution in [0.1, 0.15) is 49.8 Å². The van der Waals surface area contributed by atoms with E-state index in [1.54, 1.807) is 6.20 Å². The molecular weight excluding hydrogens is 328 g/mol. The van der Waals surface area contributed by atoms with Crippen molar-refractivity contribution in [1.29, 1.82) is 0 Å². The molecule has 1 saturated carbocycles. The lowest BCUT2D eigenvalue weighted by Gasteiger charge is -2.41. The summed E-state index contributed by atoms with van der Waals surface area (Å²) < 4.78 is 2.83. The Labute approximate surface area is 134 Å². The van der Waals surface area contributed by atoms with Gasteiger partial charge in [-0.3, -0.25) is 4.68 Å². The molecule has 1 heterocycles. The number of hydrogen-bond acceptors (Lipinski definition) is 2. The van der Waals surface area contributed by atoms with Gasteiger partial charge in [0.15, 0.2) is 0 Å². The number of nitrogens with zero attached hydrogens (tertiary/aromatic N) is 2. The number of benzene rings is 1. The van der Waals surface area contributed by atoms with E-state index in [4.69, 9.17) is 0 Å². The largest absolute Gasteiger partial charge is 0.383 e. The van der Waals surface area contributed by atoms with E-state index < -0.39 is 5.60 Å². The zero-order valence-corrected chi connectivity index (χ0v) is 13.9. The molecule has 0 aliphatic heterocycles. The van der Waals surface area contributed by atoms with Crippen LogP contribution in [0.4, 0.5) is 0 Å². The first kappa shape index (κ1) is 14.8. The molecule has 1 fully saturated rings. The Bertz CT molecular complexity index is 611. The van der Waals surface area contributed by atoms with Crippen LogP contribution in [0.15, 0.2) is 41.0 Å². The standard InChI is InChI=1S/C17H21BrN2O/c1-2-20-16(15(18)12-19-20)17(21)11-7-6-10-14(17)13-8-4-3-5-9-13/h3-5,8-9,12,14,21H,2,6-7,10-11H2,1H3. The van der Waals surface area contributed by atoms with E-state index in [2.05, 4.69) is 52.2 Å². The Balaban J connectivity index is 2.09. The summed E-state index contributed by atoms with van der Waals surface area (Å²) in [4.78, 5) is 0. The maximum absolute atomic E-state index is 11.5. The van der Waals surface area contributed by atoms with Crippen molar-refractivity contribution in [3.63, 3.8) is 0 Å². The quantitative estimate of drug-likeness (QED) is 0.901. The Hall–Kier alpha value is -1.13. The molecule has 112 valence electrons. The summed E-state index contributed by atoms with van der Waals surface area (Å²) in [5.41, 5.74) is 1.30. The number of aryl methyl sites for hydroxylation is 1. The lowest BCUT2D eigenvalue weighted by molar-refractivity contribution is -0.0306. The Kier molecular flexibility index (Phi) is 4.18. The highest BCUT2D eigenvalue weighted by atomic mass is 79.9. The number of halogens is 1. The molecule has 3 rings (SSSR count). The number of hydrogen-bond donors (Lipinski definition) is 1. The Morgan fingerprint density at radius 2 is 2.10 bits per heavy atom. The van der Waals surface area contributed by atoms with Crippen LogP contribution in [0.2, 0.25) is 0 Å². The van der Waals surface area contributed by atoms with Crippen LogP contribution in [0.3, 0.4) is 0 Å². The second-order valence-corrected chi connectivity index (χ2v) is 6.64. The van der Waals surface area contributed by atoms with E-state index in [1.807, 2.05) is 10.7 Å². The SMILES string of the molecule is CCn1ncc(Br)c1C1(O)CCCCC1c1ccccc1. The van der Waals surface area contributed by atoms with Gasteiger partial charge in [0.1, 0.15) is 5.60 Å². The molecule has 1 N–H and O–H groups in total. The summed E-state index contributed by atoms with van der Waals surface area (Å²) >= 11 is 3.59. The molecule has 0 saturated heterocycles. The summed E-state index contributed by atoms with van der Waals surface area (Å²) in [5.74, 6) is 0.130. The van der Waals surface area contributed by atoms with Gasteiger partial charge in [-0.05, 0) is 41.3 Å². The topological polar surface area (TPSA) is 38.0 Å². The van der Waals surface area contributed by atoms with E-state index in [0.29, 0.717) is 0 Å². The summed E-state index contributed by atoms with van der Waals surface area (Å²) in [6.45, 7) is 2.83. The van der Waals surface area contributed by atoms with Crippen molar-refractivity contribution in [2.24, 2.45) is 0 Å². The van der Waals surface area contributed by atoms with Crippen LogP contribution >= 0.6 is 15.9 Å². The third-order valence-corrected chi connectivity index (χ3v) is 5.16. The second-order valence-electron chi connectivity index (χ2n) is 5.79. The Morgan fingerprint density at radius 3 is 2.81 bits per heavy atom. The molecule has 0 bridgehead atoms. The smallest absolute Gasteiger partial charge is 0.114 e. The van der Waals surface area contributed by atoms with Crippen molar-refractivity contribution in [2.45, 2.75) is 50.7 Å². The Morgan fingerprint density at radius 1 is 1.33 bits per heavy atom. The molecule has 21 heavy (non-hydrogen) atoms. The lowest BCUT2D eigenvalue weighted by Crippen LogP contribution is -2.38. The van der Waals surface area contributed by atoms with Crippen LogP contribution in [0, 0.1) is 0 Å². The first-order chi connectivity index (χ1) is 10.2. The van der Waals surface area contributed by atoms with Gasteiger partial charge in [-0.25, -0.2) is 0 Å². The van der Waals surface area contributed by atoms with Gasteiger partial charge in [-0.2, -0.15) is 5.10 Å². The lowest BCUT2D eigenvalue weighted by atomic mass is 9.70. The maximum Gasteiger partial charge on any atom is 0.114 e. The highest BCUT2D eigenvalue weighted by molar-refractivity contribution is 9.10. The molecule has 2 aromatic rings. The van der Waals surface area contributed by atoms with Crippen LogP contribution in [0.25, 0.3) is 0 Å². The van der Waals surface area contributed by atoms with Crippen molar-refractivity contribution in [1.82, 2.24) is 9.78 Å². The zero-order chi connectivity index (χ0) is 14.9.